The topological polar surface area (TPSA) is 35.5 Å². The number of hydrogen-bond donors (Lipinski definition) is 0. The van der Waals surface area contributed by atoms with Crippen LogP contribution in [0.5, 0.6) is 5.75 Å². The lowest BCUT2D eigenvalue weighted by atomic mass is 9.81. The zero-order chi connectivity index (χ0) is 18.0. The minimum absolute atomic E-state index is 0.0985. The van der Waals surface area contributed by atoms with Crippen LogP contribution in [0.25, 0.3) is 0 Å². The second-order valence-electron chi connectivity index (χ2n) is 7.11. The molecule has 0 amide bonds. The summed E-state index contributed by atoms with van der Waals surface area (Å²) in [5.41, 5.74) is 3.45. The van der Waals surface area contributed by atoms with E-state index in [-0.39, 0.29) is 17.5 Å². The molecule has 4 heteroatoms. The first-order valence-electron chi connectivity index (χ1n) is 8.52. The highest BCUT2D eigenvalue weighted by Gasteiger charge is 2.27. The van der Waals surface area contributed by atoms with Crippen molar-refractivity contribution < 1.29 is 14.3 Å². The van der Waals surface area contributed by atoms with Crippen LogP contribution < -0.4 is 4.74 Å². The summed E-state index contributed by atoms with van der Waals surface area (Å²) in [5, 5.41) is 0. The third kappa shape index (κ3) is 3.90. The number of halogens is 1. The lowest BCUT2D eigenvalue weighted by molar-refractivity contribution is -0.141. The molecule has 1 atom stereocenters. The zero-order valence-electron chi connectivity index (χ0n) is 14.8. The summed E-state index contributed by atoms with van der Waals surface area (Å²) in [6.45, 7) is 4.09. The third-order valence-electron chi connectivity index (χ3n) is 4.89. The molecule has 0 heterocycles. The summed E-state index contributed by atoms with van der Waals surface area (Å²) in [6, 6.07) is 14.3. The molecular weight excluding hydrogens is 380 g/mol. The predicted molar refractivity (Wildman–Crippen MR) is 102 cm³/mol. The highest BCUT2D eigenvalue weighted by Crippen LogP contribution is 2.38. The van der Waals surface area contributed by atoms with Gasteiger partial charge in [0, 0.05) is 9.89 Å². The maximum atomic E-state index is 11.6. The van der Waals surface area contributed by atoms with E-state index in [2.05, 4.69) is 34.1 Å². The van der Waals surface area contributed by atoms with Crippen LogP contribution in [0.15, 0.2) is 46.9 Å². The molecule has 0 saturated carbocycles. The van der Waals surface area contributed by atoms with Gasteiger partial charge >= 0.3 is 5.97 Å². The summed E-state index contributed by atoms with van der Waals surface area (Å²) >= 11 is 3.62. The van der Waals surface area contributed by atoms with Crippen molar-refractivity contribution in [2.45, 2.75) is 44.6 Å². The number of ether oxygens (including phenoxy) is 2. The van der Waals surface area contributed by atoms with Gasteiger partial charge in [0.15, 0.2) is 0 Å². The second-order valence-corrected chi connectivity index (χ2v) is 7.97. The van der Waals surface area contributed by atoms with Crippen LogP contribution in [0.4, 0.5) is 0 Å². The van der Waals surface area contributed by atoms with Crippen molar-refractivity contribution >= 4 is 21.9 Å². The Morgan fingerprint density at radius 3 is 2.60 bits per heavy atom. The van der Waals surface area contributed by atoms with E-state index in [1.165, 1.54) is 18.2 Å². The van der Waals surface area contributed by atoms with Gasteiger partial charge in [-0.1, -0.05) is 54.0 Å². The number of methoxy groups -OCH3 is 1. The quantitative estimate of drug-likeness (QED) is 0.631. The first kappa shape index (κ1) is 18.0. The first-order chi connectivity index (χ1) is 11.9. The predicted octanol–water partition coefficient (Wildman–Crippen LogP) is 5.36. The van der Waals surface area contributed by atoms with E-state index < -0.39 is 0 Å². The van der Waals surface area contributed by atoms with Crippen molar-refractivity contribution in [3.05, 3.63) is 63.6 Å². The number of carbonyl (C=O) groups excluding carboxylic acids is 1. The van der Waals surface area contributed by atoms with Gasteiger partial charge in [-0.2, -0.15) is 0 Å². The lowest BCUT2D eigenvalue weighted by Gasteiger charge is -2.24. The Kier molecular flexibility index (Phi) is 5.19. The summed E-state index contributed by atoms with van der Waals surface area (Å²) in [6.07, 6.45) is 2.48. The fourth-order valence-electron chi connectivity index (χ4n) is 3.38. The van der Waals surface area contributed by atoms with Crippen LogP contribution in [0.1, 0.15) is 49.5 Å². The molecule has 0 saturated heterocycles. The molecule has 0 bridgehead atoms. The molecule has 2 aromatic carbocycles. The van der Waals surface area contributed by atoms with Gasteiger partial charge in [0.2, 0.25) is 0 Å². The van der Waals surface area contributed by atoms with E-state index in [0.29, 0.717) is 6.42 Å². The van der Waals surface area contributed by atoms with E-state index in [9.17, 15) is 4.79 Å². The highest BCUT2D eigenvalue weighted by molar-refractivity contribution is 9.10. The van der Waals surface area contributed by atoms with Gasteiger partial charge in [-0.15, -0.1) is 0 Å². The molecule has 0 spiro atoms. The van der Waals surface area contributed by atoms with Gasteiger partial charge in [0.25, 0.3) is 0 Å². The van der Waals surface area contributed by atoms with Gasteiger partial charge in [0.1, 0.15) is 11.9 Å². The summed E-state index contributed by atoms with van der Waals surface area (Å²) in [7, 11) is 1.42. The van der Waals surface area contributed by atoms with Gasteiger partial charge in [-0.05, 0) is 47.7 Å². The average Bonchev–Trinajstić information content (AvgIpc) is 2.99. The van der Waals surface area contributed by atoms with Crippen LogP contribution in [-0.4, -0.2) is 13.1 Å². The summed E-state index contributed by atoms with van der Waals surface area (Å²) < 4.78 is 12.2. The molecule has 3 nitrogen and oxygen atoms in total. The maximum absolute atomic E-state index is 11.6. The molecule has 0 aliphatic heterocycles. The second kappa shape index (κ2) is 7.20. The molecular formula is C21H23BrO3. The highest BCUT2D eigenvalue weighted by atomic mass is 79.9. The Hall–Kier alpha value is -1.81. The fraction of sp³-hybridized carbons (Fsp3) is 0.381. The van der Waals surface area contributed by atoms with Crippen molar-refractivity contribution in [2.24, 2.45) is 0 Å². The Balaban J connectivity index is 1.72. The molecule has 0 radical (unpaired) electrons. The molecule has 0 N–H and O–H groups in total. The Bertz CT molecular complexity index is 765. The smallest absolute Gasteiger partial charge is 0.306 e. The van der Waals surface area contributed by atoms with Crippen LogP contribution in [0, 0.1) is 0 Å². The normalized spacial score (nSPS) is 16.4. The SMILES string of the molecule is COC(=O)CC(C)(C)c1ccc(OC2CCc3c(Br)cccc32)cc1. The lowest BCUT2D eigenvalue weighted by Crippen LogP contribution is -2.22. The molecule has 3 rings (SSSR count). The molecule has 132 valence electrons. The number of rotatable bonds is 5. The van der Waals surface area contributed by atoms with E-state index in [4.69, 9.17) is 9.47 Å². The standard InChI is InChI=1S/C21H23BrO3/c1-21(2,13-20(23)24-3)14-7-9-15(10-8-14)25-19-12-11-16-17(19)5-4-6-18(16)22/h4-10,19H,11-13H2,1-3H3. The van der Waals surface area contributed by atoms with Crippen molar-refractivity contribution in [2.75, 3.05) is 7.11 Å². The van der Waals surface area contributed by atoms with E-state index >= 15 is 0 Å². The van der Waals surface area contributed by atoms with Crippen LogP contribution in [-0.2, 0) is 21.4 Å². The van der Waals surface area contributed by atoms with E-state index in [1.54, 1.807) is 0 Å². The molecule has 2 aromatic rings. The number of esters is 1. The van der Waals surface area contributed by atoms with E-state index in [1.807, 2.05) is 38.1 Å². The molecule has 1 aliphatic rings. The molecule has 25 heavy (non-hydrogen) atoms. The zero-order valence-corrected chi connectivity index (χ0v) is 16.4. The van der Waals surface area contributed by atoms with Crippen LogP contribution in [0.2, 0.25) is 0 Å². The van der Waals surface area contributed by atoms with Crippen molar-refractivity contribution in [1.29, 1.82) is 0 Å². The van der Waals surface area contributed by atoms with E-state index in [0.717, 1.165) is 28.6 Å². The summed E-state index contributed by atoms with van der Waals surface area (Å²) in [5.74, 6) is 0.661. The Morgan fingerprint density at radius 2 is 1.92 bits per heavy atom. The van der Waals surface area contributed by atoms with Crippen molar-refractivity contribution in [3.63, 3.8) is 0 Å². The fourth-order valence-corrected chi connectivity index (χ4v) is 3.96. The van der Waals surface area contributed by atoms with Gasteiger partial charge in [-0.25, -0.2) is 0 Å². The molecule has 1 aliphatic carbocycles. The molecule has 1 unspecified atom stereocenters. The van der Waals surface area contributed by atoms with Gasteiger partial charge in [-0.3, -0.25) is 4.79 Å². The minimum atomic E-state index is -0.267. The minimum Gasteiger partial charge on any atom is -0.486 e. The monoisotopic (exact) mass is 402 g/mol. The first-order valence-corrected chi connectivity index (χ1v) is 9.31. The summed E-state index contributed by atoms with van der Waals surface area (Å²) in [4.78, 5) is 11.6. The number of carbonyl (C=O) groups is 1. The van der Waals surface area contributed by atoms with Gasteiger partial charge < -0.3 is 9.47 Å². The Labute approximate surface area is 157 Å². The largest absolute Gasteiger partial charge is 0.486 e. The number of fused-ring (bicyclic) bond motifs is 1. The van der Waals surface area contributed by atoms with Crippen molar-refractivity contribution in [1.82, 2.24) is 0 Å². The van der Waals surface area contributed by atoms with Gasteiger partial charge in [0.05, 0.1) is 13.5 Å². The third-order valence-corrected chi connectivity index (χ3v) is 5.63. The number of benzene rings is 2. The van der Waals surface area contributed by atoms with Crippen LogP contribution >= 0.6 is 15.9 Å². The van der Waals surface area contributed by atoms with Crippen LogP contribution in [0.3, 0.4) is 0 Å². The Morgan fingerprint density at radius 1 is 1.20 bits per heavy atom. The maximum Gasteiger partial charge on any atom is 0.306 e. The molecule has 0 fully saturated rings. The number of hydrogen-bond acceptors (Lipinski definition) is 3. The molecule has 0 aromatic heterocycles. The van der Waals surface area contributed by atoms with Crippen molar-refractivity contribution in [3.8, 4) is 5.75 Å². The average molecular weight is 403 g/mol.